The van der Waals surface area contributed by atoms with Gasteiger partial charge in [0.1, 0.15) is 17.5 Å². The van der Waals surface area contributed by atoms with Crippen LogP contribution in [0.1, 0.15) is 51.0 Å². The lowest BCUT2D eigenvalue weighted by molar-refractivity contribution is 0.768. The normalized spacial score (nSPS) is 12.2. The molecule has 2 rings (SSSR count). The summed E-state index contributed by atoms with van der Waals surface area (Å²) >= 11 is 0. The predicted molar refractivity (Wildman–Crippen MR) is 86.6 cm³/mol. The topological polar surface area (TPSA) is 62.7 Å². The summed E-state index contributed by atoms with van der Waals surface area (Å²) in [7, 11) is 0. The zero-order chi connectivity index (χ0) is 15.2. The number of anilines is 2. The first-order valence-corrected chi connectivity index (χ1v) is 7.39. The second kappa shape index (κ2) is 7.02. The van der Waals surface area contributed by atoms with Gasteiger partial charge in [0.15, 0.2) is 0 Å². The van der Waals surface area contributed by atoms with Crippen molar-refractivity contribution in [3.63, 3.8) is 0 Å². The molecule has 0 fully saturated rings. The molecule has 0 aliphatic carbocycles. The molecule has 2 N–H and O–H groups in total. The van der Waals surface area contributed by atoms with E-state index in [0.29, 0.717) is 0 Å². The molecule has 0 spiro atoms. The molecule has 0 aromatic carbocycles. The lowest BCUT2D eigenvalue weighted by atomic mass is 10.1. The number of rotatable bonds is 6. The van der Waals surface area contributed by atoms with Gasteiger partial charge in [-0.25, -0.2) is 9.97 Å². The number of hydrogen-bond donors (Lipinski definition) is 2. The number of nitrogens with zero attached hydrogens (tertiary/aromatic N) is 3. The maximum Gasteiger partial charge on any atom is 0.135 e. The Morgan fingerprint density at radius 2 is 1.90 bits per heavy atom. The molecule has 0 aliphatic rings. The van der Waals surface area contributed by atoms with E-state index in [9.17, 15) is 0 Å². The zero-order valence-corrected chi connectivity index (χ0v) is 13.1. The first-order valence-electron chi connectivity index (χ1n) is 7.39. The van der Waals surface area contributed by atoms with Crippen molar-refractivity contribution < 1.29 is 0 Å². The fourth-order valence-electron chi connectivity index (χ4n) is 2.01. The quantitative estimate of drug-likeness (QED) is 0.849. The number of aromatic nitrogens is 3. The number of nitrogens with one attached hydrogen (secondary N) is 2. The van der Waals surface area contributed by atoms with E-state index < -0.39 is 0 Å². The van der Waals surface area contributed by atoms with E-state index in [1.54, 1.807) is 6.20 Å². The van der Waals surface area contributed by atoms with Gasteiger partial charge in [-0.3, -0.25) is 4.98 Å². The van der Waals surface area contributed by atoms with Gasteiger partial charge in [0.05, 0.1) is 6.04 Å². The molecular weight excluding hydrogens is 262 g/mol. The molecule has 2 aromatic heterocycles. The van der Waals surface area contributed by atoms with E-state index in [-0.39, 0.29) is 12.0 Å². The molecule has 5 heteroatoms. The molecule has 1 unspecified atom stereocenters. The monoisotopic (exact) mass is 285 g/mol. The van der Waals surface area contributed by atoms with Gasteiger partial charge in [0.25, 0.3) is 0 Å². The molecule has 5 nitrogen and oxygen atoms in total. The molecule has 0 bridgehead atoms. The van der Waals surface area contributed by atoms with Crippen LogP contribution in [-0.2, 0) is 0 Å². The van der Waals surface area contributed by atoms with Crippen LogP contribution in [0.15, 0.2) is 30.6 Å². The first-order chi connectivity index (χ1) is 10.1. The zero-order valence-electron chi connectivity index (χ0n) is 13.1. The minimum atomic E-state index is 0.142. The molecule has 21 heavy (non-hydrogen) atoms. The standard InChI is InChI=1S/C16H23N5/c1-5-18-14-9-15(21-16(20-14)11(2)3)19-12(4)13-7-6-8-17-10-13/h6-12H,5H2,1-4H3,(H2,18,19,20,21). The molecule has 2 heterocycles. The highest BCUT2D eigenvalue weighted by atomic mass is 15.1. The fourth-order valence-corrected chi connectivity index (χ4v) is 2.01. The van der Waals surface area contributed by atoms with Gasteiger partial charge in [0.2, 0.25) is 0 Å². The summed E-state index contributed by atoms with van der Waals surface area (Å²) in [5.41, 5.74) is 1.13. The van der Waals surface area contributed by atoms with Crippen molar-refractivity contribution in [3.05, 3.63) is 42.0 Å². The minimum Gasteiger partial charge on any atom is -0.370 e. The summed E-state index contributed by atoms with van der Waals surface area (Å²) in [5.74, 6) is 2.82. The lowest BCUT2D eigenvalue weighted by Gasteiger charge is -2.17. The summed E-state index contributed by atoms with van der Waals surface area (Å²) in [6.45, 7) is 9.19. The molecule has 0 saturated heterocycles. The molecule has 0 saturated carbocycles. The summed E-state index contributed by atoms with van der Waals surface area (Å²) in [6, 6.07) is 6.09. The van der Waals surface area contributed by atoms with Crippen molar-refractivity contribution in [2.45, 2.75) is 39.7 Å². The maximum atomic E-state index is 4.60. The van der Waals surface area contributed by atoms with E-state index >= 15 is 0 Å². The van der Waals surface area contributed by atoms with Gasteiger partial charge >= 0.3 is 0 Å². The average Bonchev–Trinajstić information content (AvgIpc) is 2.48. The Balaban J connectivity index is 2.22. The second-order valence-corrected chi connectivity index (χ2v) is 5.33. The van der Waals surface area contributed by atoms with Crippen LogP contribution < -0.4 is 10.6 Å². The highest BCUT2D eigenvalue weighted by molar-refractivity contribution is 5.49. The molecule has 2 aromatic rings. The number of hydrogen-bond acceptors (Lipinski definition) is 5. The van der Waals surface area contributed by atoms with Crippen LogP contribution in [-0.4, -0.2) is 21.5 Å². The van der Waals surface area contributed by atoms with Crippen LogP contribution in [0.3, 0.4) is 0 Å². The van der Waals surface area contributed by atoms with Crippen LogP contribution in [0.2, 0.25) is 0 Å². The van der Waals surface area contributed by atoms with E-state index in [2.05, 4.69) is 59.3 Å². The van der Waals surface area contributed by atoms with Crippen LogP contribution in [0.25, 0.3) is 0 Å². The van der Waals surface area contributed by atoms with Crippen molar-refractivity contribution in [2.24, 2.45) is 0 Å². The SMILES string of the molecule is CCNc1cc(NC(C)c2cccnc2)nc(C(C)C)n1. The molecule has 0 radical (unpaired) electrons. The summed E-state index contributed by atoms with van der Waals surface area (Å²) in [4.78, 5) is 13.3. The third-order valence-corrected chi connectivity index (χ3v) is 3.17. The average molecular weight is 285 g/mol. The van der Waals surface area contributed by atoms with Gasteiger partial charge in [-0.15, -0.1) is 0 Å². The van der Waals surface area contributed by atoms with Gasteiger partial charge in [0, 0.05) is 30.9 Å². The van der Waals surface area contributed by atoms with E-state index in [0.717, 1.165) is 29.6 Å². The summed E-state index contributed by atoms with van der Waals surface area (Å²) < 4.78 is 0. The highest BCUT2D eigenvalue weighted by Crippen LogP contribution is 2.21. The van der Waals surface area contributed by atoms with Crippen molar-refractivity contribution in [2.75, 3.05) is 17.2 Å². The Hall–Kier alpha value is -2.17. The lowest BCUT2D eigenvalue weighted by Crippen LogP contribution is -2.12. The highest BCUT2D eigenvalue weighted by Gasteiger charge is 2.11. The van der Waals surface area contributed by atoms with Gasteiger partial charge in [-0.2, -0.15) is 0 Å². The Morgan fingerprint density at radius 3 is 2.52 bits per heavy atom. The van der Waals surface area contributed by atoms with Crippen LogP contribution in [0.4, 0.5) is 11.6 Å². The predicted octanol–water partition coefficient (Wildman–Crippen LogP) is 3.60. The van der Waals surface area contributed by atoms with Crippen molar-refractivity contribution in [1.82, 2.24) is 15.0 Å². The Kier molecular flexibility index (Phi) is 5.09. The number of pyridine rings is 1. The fraction of sp³-hybridized carbons (Fsp3) is 0.438. The molecule has 0 aliphatic heterocycles. The summed E-state index contributed by atoms with van der Waals surface area (Å²) in [5, 5.41) is 6.67. The Bertz CT molecular complexity index is 568. The molecular formula is C16H23N5. The Labute approximate surface area is 126 Å². The first kappa shape index (κ1) is 15.2. The van der Waals surface area contributed by atoms with Crippen LogP contribution >= 0.6 is 0 Å². The van der Waals surface area contributed by atoms with Gasteiger partial charge in [-0.1, -0.05) is 19.9 Å². The minimum absolute atomic E-state index is 0.142. The third kappa shape index (κ3) is 4.15. The van der Waals surface area contributed by atoms with Crippen LogP contribution in [0, 0.1) is 0 Å². The van der Waals surface area contributed by atoms with Crippen molar-refractivity contribution in [3.8, 4) is 0 Å². The smallest absolute Gasteiger partial charge is 0.135 e. The van der Waals surface area contributed by atoms with E-state index in [4.69, 9.17) is 0 Å². The van der Waals surface area contributed by atoms with Crippen molar-refractivity contribution >= 4 is 11.6 Å². The molecule has 112 valence electrons. The van der Waals surface area contributed by atoms with E-state index in [1.807, 2.05) is 18.3 Å². The van der Waals surface area contributed by atoms with Gasteiger partial charge in [-0.05, 0) is 25.5 Å². The third-order valence-electron chi connectivity index (χ3n) is 3.17. The van der Waals surface area contributed by atoms with Gasteiger partial charge < -0.3 is 10.6 Å². The maximum absolute atomic E-state index is 4.60. The largest absolute Gasteiger partial charge is 0.370 e. The Morgan fingerprint density at radius 1 is 1.14 bits per heavy atom. The molecule has 0 amide bonds. The van der Waals surface area contributed by atoms with Crippen molar-refractivity contribution in [1.29, 1.82) is 0 Å². The van der Waals surface area contributed by atoms with Crippen LogP contribution in [0.5, 0.6) is 0 Å². The van der Waals surface area contributed by atoms with E-state index in [1.165, 1.54) is 0 Å². The second-order valence-electron chi connectivity index (χ2n) is 5.33. The molecule has 1 atom stereocenters. The summed E-state index contributed by atoms with van der Waals surface area (Å²) in [6.07, 6.45) is 3.65.